The van der Waals surface area contributed by atoms with Gasteiger partial charge in [-0.2, -0.15) is 0 Å². The fraction of sp³-hybridized carbons (Fsp3) is 0.318. The van der Waals surface area contributed by atoms with Crippen molar-refractivity contribution in [2.45, 2.75) is 33.1 Å². The van der Waals surface area contributed by atoms with E-state index < -0.39 is 22.8 Å². The Bertz CT molecular complexity index is 1090. The zero-order valence-electron chi connectivity index (χ0n) is 18.0. The van der Waals surface area contributed by atoms with Crippen LogP contribution in [0.15, 0.2) is 59.2 Å². The molecule has 32 heavy (non-hydrogen) atoms. The largest absolute Gasteiger partial charge is 0.463 e. The Kier molecular flexibility index (Phi) is 7.04. The maximum Gasteiger partial charge on any atom is 0.336 e. The first kappa shape index (κ1) is 22.7. The quantitative estimate of drug-likeness (QED) is 0.363. The van der Waals surface area contributed by atoms with E-state index >= 15 is 0 Å². The summed E-state index contributed by atoms with van der Waals surface area (Å²) in [4.78, 5) is 44.1. The topological polar surface area (TPSA) is 136 Å². The second kappa shape index (κ2) is 9.90. The lowest BCUT2D eigenvalue weighted by Gasteiger charge is -2.31. The highest BCUT2D eigenvalue weighted by Crippen LogP contribution is 2.40. The van der Waals surface area contributed by atoms with Gasteiger partial charge in [0.1, 0.15) is 5.82 Å². The normalized spacial score (nSPS) is 15.9. The molecule has 0 bridgehead atoms. The van der Waals surface area contributed by atoms with Crippen LogP contribution in [0.4, 0.5) is 5.69 Å². The number of carbonyl (C=O) groups is 2. The Balaban J connectivity index is 2.24. The molecular weight excluding hydrogens is 416 g/mol. The highest BCUT2D eigenvalue weighted by Gasteiger charge is 2.39. The van der Waals surface area contributed by atoms with Crippen LogP contribution < -0.4 is 5.32 Å². The molecule has 168 valence electrons. The summed E-state index contributed by atoms with van der Waals surface area (Å²) in [7, 11) is 0. The molecule has 2 heterocycles. The van der Waals surface area contributed by atoms with E-state index in [1.807, 2.05) is 0 Å². The number of rotatable bonds is 8. The number of non-ortho nitro benzene ring substituents is 1. The predicted molar refractivity (Wildman–Crippen MR) is 114 cm³/mol. The SMILES string of the molecule is CCOC(=O)C1=C(C)NC(Cc2ncc[nH]2)=C(C(=O)OCC)C1c1cccc([N+](=O)[O-])c1. The number of hydrogen-bond acceptors (Lipinski definition) is 8. The van der Waals surface area contributed by atoms with E-state index in [-0.39, 0.29) is 36.5 Å². The number of carbonyl (C=O) groups excluding carboxylic acids is 2. The summed E-state index contributed by atoms with van der Waals surface area (Å²) in [6, 6.07) is 5.86. The molecule has 1 aliphatic heterocycles. The van der Waals surface area contributed by atoms with Crippen LogP contribution in [-0.2, 0) is 25.5 Å². The van der Waals surface area contributed by atoms with Crippen LogP contribution in [-0.4, -0.2) is 40.0 Å². The molecule has 0 aliphatic carbocycles. The van der Waals surface area contributed by atoms with E-state index in [0.717, 1.165) is 0 Å². The van der Waals surface area contributed by atoms with Gasteiger partial charge in [-0.15, -0.1) is 0 Å². The molecule has 0 spiro atoms. The standard InChI is InChI=1S/C22H24N4O6/c1-4-31-21(27)18-13(3)25-16(12-17-23-9-10-24-17)20(22(28)32-5-2)19(18)14-7-6-8-15(11-14)26(29)30/h6-11,19,25H,4-5,12H2,1-3H3,(H,23,24). The van der Waals surface area contributed by atoms with E-state index in [2.05, 4.69) is 15.3 Å². The molecule has 10 heteroatoms. The molecule has 1 atom stereocenters. The van der Waals surface area contributed by atoms with E-state index in [1.54, 1.807) is 39.2 Å². The van der Waals surface area contributed by atoms with Crippen molar-refractivity contribution < 1.29 is 24.0 Å². The molecule has 1 unspecified atom stereocenters. The first-order chi connectivity index (χ1) is 15.4. The number of H-pyrrole nitrogens is 1. The maximum atomic E-state index is 13.1. The summed E-state index contributed by atoms with van der Waals surface area (Å²) in [5, 5.41) is 14.5. The molecule has 1 aliphatic rings. The Labute approximate surface area is 184 Å². The number of hydrogen-bond donors (Lipinski definition) is 2. The molecule has 1 aromatic carbocycles. The van der Waals surface area contributed by atoms with Crippen LogP contribution in [0.2, 0.25) is 0 Å². The van der Waals surface area contributed by atoms with Gasteiger partial charge in [0.25, 0.3) is 5.69 Å². The van der Waals surface area contributed by atoms with E-state index in [0.29, 0.717) is 22.8 Å². The van der Waals surface area contributed by atoms with Crippen molar-refractivity contribution in [3.8, 4) is 0 Å². The Morgan fingerprint density at radius 2 is 1.84 bits per heavy atom. The number of benzene rings is 1. The van der Waals surface area contributed by atoms with Gasteiger partial charge in [-0.3, -0.25) is 10.1 Å². The second-order valence-corrected chi connectivity index (χ2v) is 6.99. The van der Waals surface area contributed by atoms with Crippen molar-refractivity contribution in [2.24, 2.45) is 0 Å². The predicted octanol–water partition coefficient (Wildman–Crippen LogP) is 2.90. The van der Waals surface area contributed by atoms with Gasteiger partial charge in [0.05, 0.1) is 35.2 Å². The van der Waals surface area contributed by atoms with Crippen molar-refractivity contribution in [3.63, 3.8) is 0 Å². The minimum Gasteiger partial charge on any atom is -0.463 e. The average Bonchev–Trinajstić information content (AvgIpc) is 3.26. The van der Waals surface area contributed by atoms with Gasteiger partial charge in [0.15, 0.2) is 0 Å². The molecule has 1 aromatic heterocycles. The number of aromatic amines is 1. The Hall–Kier alpha value is -3.95. The van der Waals surface area contributed by atoms with Crippen LogP contribution in [0.25, 0.3) is 0 Å². The number of nitro groups is 1. The van der Waals surface area contributed by atoms with Crippen molar-refractivity contribution in [1.82, 2.24) is 15.3 Å². The number of ether oxygens (including phenoxy) is 2. The van der Waals surface area contributed by atoms with Crippen molar-refractivity contribution in [3.05, 3.63) is 80.7 Å². The molecule has 0 amide bonds. The molecule has 0 saturated heterocycles. The van der Waals surface area contributed by atoms with Gasteiger partial charge in [-0.25, -0.2) is 14.6 Å². The summed E-state index contributed by atoms with van der Waals surface area (Å²) in [6.45, 7) is 5.30. The molecule has 3 rings (SSSR count). The second-order valence-electron chi connectivity index (χ2n) is 6.99. The number of aromatic nitrogens is 2. The summed E-state index contributed by atoms with van der Waals surface area (Å²) in [6.07, 6.45) is 3.49. The highest BCUT2D eigenvalue weighted by atomic mass is 16.6. The Morgan fingerprint density at radius 3 is 2.44 bits per heavy atom. The minimum absolute atomic E-state index is 0.120. The van der Waals surface area contributed by atoms with E-state index in [4.69, 9.17) is 9.47 Å². The van der Waals surface area contributed by atoms with Gasteiger partial charge in [0, 0.05) is 42.3 Å². The molecule has 2 aromatic rings. The van der Waals surface area contributed by atoms with Gasteiger partial charge >= 0.3 is 11.9 Å². The van der Waals surface area contributed by atoms with Crippen LogP contribution in [0.5, 0.6) is 0 Å². The summed E-state index contributed by atoms with van der Waals surface area (Å²) in [5.41, 5.74) is 1.59. The van der Waals surface area contributed by atoms with Gasteiger partial charge < -0.3 is 19.8 Å². The lowest BCUT2D eigenvalue weighted by Crippen LogP contribution is -2.34. The monoisotopic (exact) mass is 440 g/mol. The Morgan fingerprint density at radius 1 is 1.16 bits per heavy atom. The number of nitro benzene ring substituents is 1. The van der Waals surface area contributed by atoms with Crippen molar-refractivity contribution in [1.29, 1.82) is 0 Å². The lowest BCUT2D eigenvalue weighted by molar-refractivity contribution is -0.384. The number of dihydropyridines is 1. The van der Waals surface area contributed by atoms with E-state index in [1.165, 1.54) is 18.2 Å². The van der Waals surface area contributed by atoms with Crippen LogP contribution in [0.1, 0.15) is 38.1 Å². The van der Waals surface area contributed by atoms with Crippen LogP contribution in [0, 0.1) is 10.1 Å². The molecule has 10 nitrogen and oxygen atoms in total. The zero-order chi connectivity index (χ0) is 23.3. The fourth-order valence-corrected chi connectivity index (χ4v) is 3.68. The number of allylic oxidation sites excluding steroid dienone is 2. The molecule has 0 radical (unpaired) electrons. The molecule has 0 saturated carbocycles. The number of imidazole rings is 1. The van der Waals surface area contributed by atoms with Gasteiger partial charge in [-0.05, 0) is 26.3 Å². The van der Waals surface area contributed by atoms with Gasteiger partial charge in [-0.1, -0.05) is 12.1 Å². The third-order valence-electron chi connectivity index (χ3n) is 4.95. The van der Waals surface area contributed by atoms with E-state index in [9.17, 15) is 19.7 Å². The third-order valence-corrected chi connectivity index (χ3v) is 4.95. The average molecular weight is 440 g/mol. The zero-order valence-corrected chi connectivity index (χ0v) is 18.0. The molecular formula is C22H24N4O6. The van der Waals surface area contributed by atoms with Crippen molar-refractivity contribution >= 4 is 17.6 Å². The highest BCUT2D eigenvalue weighted by molar-refractivity contribution is 6.00. The number of esters is 2. The molecule has 0 fully saturated rings. The number of nitrogens with one attached hydrogen (secondary N) is 2. The number of nitrogens with zero attached hydrogens (tertiary/aromatic N) is 2. The lowest BCUT2D eigenvalue weighted by atomic mass is 9.79. The summed E-state index contributed by atoms with van der Waals surface area (Å²) in [5.74, 6) is -1.57. The minimum atomic E-state index is -0.917. The summed E-state index contributed by atoms with van der Waals surface area (Å²) >= 11 is 0. The summed E-state index contributed by atoms with van der Waals surface area (Å²) < 4.78 is 10.6. The molecule has 2 N–H and O–H groups in total. The third kappa shape index (κ3) is 4.69. The smallest absolute Gasteiger partial charge is 0.336 e. The maximum absolute atomic E-state index is 13.1. The van der Waals surface area contributed by atoms with Crippen molar-refractivity contribution in [2.75, 3.05) is 13.2 Å². The fourth-order valence-electron chi connectivity index (χ4n) is 3.68. The van der Waals surface area contributed by atoms with Gasteiger partial charge in [0.2, 0.25) is 0 Å². The first-order valence-corrected chi connectivity index (χ1v) is 10.1. The van der Waals surface area contributed by atoms with Crippen LogP contribution in [0.3, 0.4) is 0 Å². The first-order valence-electron chi connectivity index (χ1n) is 10.1. The van der Waals surface area contributed by atoms with Crippen LogP contribution >= 0.6 is 0 Å².